The Morgan fingerprint density at radius 1 is 1.11 bits per heavy atom. The molecule has 0 aliphatic carbocycles. The van der Waals surface area contributed by atoms with Gasteiger partial charge in [-0.1, -0.05) is 38.8 Å². The molecule has 1 unspecified atom stereocenters. The highest BCUT2D eigenvalue weighted by molar-refractivity contribution is 14.0. The molecular weight excluding hydrogens is 467 g/mol. The molecule has 0 amide bonds. The molecule has 1 aromatic carbocycles. The molecule has 1 fully saturated rings. The molecular formula is C21H37IN4O2. The molecule has 2 rings (SSSR count). The Hall–Kier alpha value is -1.06. The molecule has 1 aliphatic heterocycles. The van der Waals surface area contributed by atoms with Crippen LogP contribution < -0.4 is 15.4 Å². The number of halogens is 1. The van der Waals surface area contributed by atoms with Crippen LogP contribution in [0.5, 0.6) is 5.75 Å². The maximum Gasteiger partial charge on any atom is 0.191 e. The lowest BCUT2D eigenvalue weighted by molar-refractivity contribution is 0.0170. The summed E-state index contributed by atoms with van der Waals surface area (Å²) in [4.78, 5) is 6.88. The summed E-state index contributed by atoms with van der Waals surface area (Å²) in [7, 11) is 3.53. The molecule has 1 aromatic rings. The standard InChI is InChI=1S/C21H36N4O2.HI/c1-5-17(6-2)15-23-21(22-3)24-16-20(25-11-13-27-14-12-25)18-7-9-19(26-4)10-8-18;/h7-10,17,20H,5-6,11-16H2,1-4H3,(H2,22,23,24);1H. The third-order valence-corrected chi connectivity index (χ3v) is 5.39. The summed E-state index contributed by atoms with van der Waals surface area (Å²) in [6.45, 7) is 9.69. The summed E-state index contributed by atoms with van der Waals surface area (Å²) < 4.78 is 10.8. The first-order valence-corrected chi connectivity index (χ1v) is 10.1. The van der Waals surface area contributed by atoms with Gasteiger partial charge in [-0.3, -0.25) is 9.89 Å². The van der Waals surface area contributed by atoms with Crippen molar-refractivity contribution in [2.24, 2.45) is 10.9 Å². The number of hydrogen-bond donors (Lipinski definition) is 2. The van der Waals surface area contributed by atoms with Gasteiger partial charge in [-0.2, -0.15) is 0 Å². The Bertz CT molecular complexity index is 558. The normalized spacial score (nSPS) is 16.4. The Morgan fingerprint density at radius 3 is 2.25 bits per heavy atom. The molecule has 7 heteroatoms. The second kappa shape index (κ2) is 14.0. The molecule has 28 heavy (non-hydrogen) atoms. The summed E-state index contributed by atoms with van der Waals surface area (Å²) in [6.07, 6.45) is 2.37. The van der Waals surface area contributed by atoms with Crippen LogP contribution in [0, 0.1) is 5.92 Å². The van der Waals surface area contributed by atoms with Crippen LogP contribution in [0.3, 0.4) is 0 Å². The minimum atomic E-state index is 0. The summed E-state index contributed by atoms with van der Waals surface area (Å²) in [5.41, 5.74) is 1.28. The third kappa shape index (κ3) is 7.75. The van der Waals surface area contributed by atoms with Gasteiger partial charge in [0.15, 0.2) is 5.96 Å². The molecule has 0 saturated carbocycles. The van der Waals surface area contributed by atoms with Gasteiger partial charge >= 0.3 is 0 Å². The van der Waals surface area contributed by atoms with E-state index in [0.29, 0.717) is 5.92 Å². The van der Waals surface area contributed by atoms with E-state index in [4.69, 9.17) is 9.47 Å². The quantitative estimate of drug-likeness (QED) is 0.307. The van der Waals surface area contributed by atoms with Crippen LogP contribution >= 0.6 is 24.0 Å². The van der Waals surface area contributed by atoms with Crippen molar-refractivity contribution in [3.05, 3.63) is 29.8 Å². The topological polar surface area (TPSA) is 58.1 Å². The maximum atomic E-state index is 5.54. The predicted octanol–water partition coefficient (Wildman–Crippen LogP) is 3.29. The fourth-order valence-corrected chi connectivity index (χ4v) is 3.41. The minimum Gasteiger partial charge on any atom is -0.497 e. The smallest absolute Gasteiger partial charge is 0.191 e. The van der Waals surface area contributed by atoms with Crippen LogP contribution in [-0.4, -0.2) is 64.4 Å². The van der Waals surface area contributed by atoms with Crippen molar-refractivity contribution in [1.82, 2.24) is 15.5 Å². The molecule has 0 bridgehead atoms. The number of aliphatic imine (C=N–C) groups is 1. The number of ether oxygens (including phenoxy) is 2. The summed E-state index contributed by atoms with van der Waals surface area (Å²) in [6, 6.07) is 8.64. The SMILES string of the molecule is CCC(CC)CNC(=NC)NCC(c1ccc(OC)cc1)N1CCOCC1.I. The molecule has 1 saturated heterocycles. The first kappa shape index (κ1) is 25.0. The van der Waals surface area contributed by atoms with E-state index < -0.39 is 0 Å². The monoisotopic (exact) mass is 504 g/mol. The predicted molar refractivity (Wildman–Crippen MR) is 127 cm³/mol. The van der Waals surface area contributed by atoms with Gasteiger partial charge in [-0.15, -0.1) is 24.0 Å². The number of hydrogen-bond acceptors (Lipinski definition) is 4. The van der Waals surface area contributed by atoms with Crippen molar-refractivity contribution in [3.8, 4) is 5.75 Å². The van der Waals surface area contributed by atoms with Crippen LogP contribution in [0.4, 0.5) is 0 Å². The van der Waals surface area contributed by atoms with Gasteiger partial charge in [0.2, 0.25) is 0 Å². The van der Waals surface area contributed by atoms with Crippen molar-refractivity contribution in [2.75, 3.05) is 53.6 Å². The second-order valence-electron chi connectivity index (χ2n) is 6.95. The Labute approximate surface area is 187 Å². The zero-order chi connectivity index (χ0) is 19.5. The summed E-state index contributed by atoms with van der Waals surface area (Å²) in [5.74, 6) is 2.43. The highest BCUT2D eigenvalue weighted by Crippen LogP contribution is 2.23. The molecule has 0 aromatic heterocycles. The number of guanidine groups is 1. The van der Waals surface area contributed by atoms with Crippen molar-refractivity contribution >= 4 is 29.9 Å². The van der Waals surface area contributed by atoms with E-state index >= 15 is 0 Å². The van der Waals surface area contributed by atoms with E-state index in [1.807, 2.05) is 19.2 Å². The van der Waals surface area contributed by atoms with E-state index in [1.165, 1.54) is 18.4 Å². The number of morpholine rings is 1. The minimum absolute atomic E-state index is 0. The molecule has 6 nitrogen and oxygen atoms in total. The summed E-state index contributed by atoms with van der Waals surface area (Å²) in [5, 5.41) is 7.00. The zero-order valence-electron chi connectivity index (χ0n) is 17.7. The van der Waals surface area contributed by atoms with Gasteiger partial charge in [0.25, 0.3) is 0 Å². The number of rotatable bonds is 9. The zero-order valence-corrected chi connectivity index (χ0v) is 20.1. The maximum absolute atomic E-state index is 5.54. The average molecular weight is 504 g/mol. The van der Waals surface area contributed by atoms with Crippen molar-refractivity contribution in [2.45, 2.75) is 32.7 Å². The lowest BCUT2D eigenvalue weighted by atomic mass is 10.0. The van der Waals surface area contributed by atoms with Gasteiger partial charge in [0.1, 0.15) is 5.75 Å². The molecule has 2 N–H and O–H groups in total. The van der Waals surface area contributed by atoms with Crippen LogP contribution in [0.15, 0.2) is 29.3 Å². The molecule has 1 atom stereocenters. The van der Waals surface area contributed by atoms with Crippen LogP contribution in [0.2, 0.25) is 0 Å². The largest absolute Gasteiger partial charge is 0.497 e. The van der Waals surface area contributed by atoms with E-state index in [1.54, 1.807) is 7.11 Å². The summed E-state index contributed by atoms with van der Waals surface area (Å²) >= 11 is 0. The van der Waals surface area contributed by atoms with Gasteiger partial charge in [-0.05, 0) is 23.6 Å². The van der Waals surface area contributed by atoms with Crippen LogP contribution in [0.25, 0.3) is 0 Å². The molecule has 0 spiro atoms. The van der Waals surface area contributed by atoms with Gasteiger partial charge in [0, 0.05) is 33.2 Å². The Morgan fingerprint density at radius 2 is 1.71 bits per heavy atom. The molecule has 1 heterocycles. The molecule has 1 aliphatic rings. The second-order valence-corrected chi connectivity index (χ2v) is 6.95. The van der Waals surface area contributed by atoms with E-state index in [9.17, 15) is 0 Å². The number of nitrogens with zero attached hydrogens (tertiary/aromatic N) is 2. The average Bonchev–Trinajstić information content (AvgIpc) is 2.74. The third-order valence-electron chi connectivity index (χ3n) is 5.39. The number of nitrogens with one attached hydrogen (secondary N) is 2. The first-order valence-electron chi connectivity index (χ1n) is 10.1. The van der Waals surface area contributed by atoms with Gasteiger partial charge in [-0.25, -0.2) is 0 Å². The Kier molecular flexibility index (Phi) is 12.5. The van der Waals surface area contributed by atoms with E-state index in [2.05, 4.69) is 46.5 Å². The first-order chi connectivity index (χ1) is 13.2. The molecule has 160 valence electrons. The van der Waals surface area contributed by atoms with Crippen molar-refractivity contribution in [1.29, 1.82) is 0 Å². The highest BCUT2D eigenvalue weighted by atomic mass is 127. The van der Waals surface area contributed by atoms with Crippen LogP contribution in [-0.2, 0) is 4.74 Å². The Balaban J connectivity index is 0.00000392. The fourth-order valence-electron chi connectivity index (χ4n) is 3.41. The highest BCUT2D eigenvalue weighted by Gasteiger charge is 2.23. The van der Waals surface area contributed by atoms with Gasteiger partial charge < -0.3 is 20.1 Å². The van der Waals surface area contributed by atoms with Crippen LogP contribution in [0.1, 0.15) is 38.3 Å². The van der Waals surface area contributed by atoms with Crippen molar-refractivity contribution < 1.29 is 9.47 Å². The van der Waals surface area contributed by atoms with Gasteiger partial charge in [0.05, 0.1) is 26.4 Å². The van der Waals surface area contributed by atoms with Crippen molar-refractivity contribution in [3.63, 3.8) is 0 Å². The lowest BCUT2D eigenvalue weighted by Crippen LogP contribution is -2.46. The number of methoxy groups -OCH3 is 1. The number of benzene rings is 1. The fraction of sp³-hybridized carbons (Fsp3) is 0.667. The molecule has 0 radical (unpaired) electrons. The van der Waals surface area contributed by atoms with E-state index in [0.717, 1.165) is 51.1 Å². The lowest BCUT2D eigenvalue weighted by Gasteiger charge is -2.35. The van der Waals surface area contributed by atoms with E-state index in [-0.39, 0.29) is 30.0 Å².